The summed E-state index contributed by atoms with van der Waals surface area (Å²) in [4.78, 5) is 32.8. The Labute approximate surface area is 178 Å². The van der Waals surface area contributed by atoms with Gasteiger partial charge in [-0.15, -0.1) is 11.3 Å². The van der Waals surface area contributed by atoms with Crippen LogP contribution in [0.15, 0.2) is 40.3 Å². The van der Waals surface area contributed by atoms with Crippen molar-refractivity contribution in [1.82, 2.24) is 9.55 Å². The minimum Gasteiger partial charge on any atom is -0.325 e. The number of benzene rings is 1. The Morgan fingerprint density at radius 2 is 2.03 bits per heavy atom. The van der Waals surface area contributed by atoms with E-state index in [9.17, 15) is 9.59 Å². The third kappa shape index (κ3) is 4.12. The molecule has 0 saturated carbocycles. The van der Waals surface area contributed by atoms with Crippen molar-refractivity contribution in [3.8, 4) is 0 Å². The van der Waals surface area contributed by atoms with Gasteiger partial charge in [0.05, 0.1) is 11.1 Å². The van der Waals surface area contributed by atoms with Gasteiger partial charge in [-0.2, -0.15) is 0 Å². The highest BCUT2D eigenvalue weighted by atomic mass is 32.2. The normalized spacial score (nSPS) is 14.6. The van der Waals surface area contributed by atoms with Gasteiger partial charge in [-0.3, -0.25) is 14.2 Å². The van der Waals surface area contributed by atoms with Crippen LogP contribution in [0.1, 0.15) is 49.6 Å². The summed E-state index contributed by atoms with van der Waals surface area (Å²) < 4.78 is 1.80. The van der Waals surface area contributed by atoms with Crippen molar-refractivity contribution in [1.29, 1.82) is 0 Å². The number of thioether (sulfide) groups is 1. The molecule has 0 bridgehead atoms. The van der Waals surface area contributed by atoms with Crippen molar-refractivity contribution in [3.63, 3.8) is 0 Å². The number of rotatable bonds is 6. The van der Waals surface area contributed by atoms with E-state index in [0.717, 1.165) is 41.6 Å². The molecule has 0 radical (unpaired) electrons. The highest BCUT2D eigenvalue weighted by Crippen LogP contribution is 2.35. The number of amides is 1. The van der Waals surface area contributed by atoms with E-state index in [0.29, 0.717) is 5.16 Å². The highest BCUT2D eigenvalue weighted by Gasteiger charge is 2.24. The maximum Gasteiger partial charge on any atom is 0.263 e. The van der Waals surface area contributed by atoms with Crippen LogP contribution in [-0.2, 0) is 17.6 Å². The number of nitrogens with zero attached hydrogens (tertiary/aromatic N) is 2. The van der Waals surface area contributed by atoms with Gasteiger partial charge in [0, 0.05) is 16.6 Å². The van der Waals surface area contributed by atoms with Crippen molar-refractivity contribution >= 4 is 44.9 Å². The van der Waals surface area contributed by atoms with Crippen LogP contribution in [0.25, 0.3) is 10.2 Å². The van der Waals surface area contributed by atoms with Gasteiger partial charge in [0.15, 0.2) is 5.16 Å². The van der Waals surface area contributed by atoms with Crippen LogP contribution in [0.3, 0.4) is 0 Å². The van der Waals surface area contributed by atoms with Gasteiger partial charge in [-0.05, 0) is 56.7 Å². The fourth-order valence-corrected chi connectivity index (χ4v) is 5.92. The van der Waals surface area contributed by atoms with E-state index in [2.05, 4.69) is 12.2 Å². The number of carbonyl (C=O) groups is 1. The predicted octanol–water partition coefficient (Wildman–Crippen LogP) is 5.04. The lowest BCUT2D eigenvalue weighted by molar-refractivity contribution is -0.113. The van der Waals surface area contributed by atoms with Crippen LogP contribution in [0.2, 0.25) is 0 Å². The van der Waals surface area contributed by atoms with Crippen LogP contribution < -0.4 is 10.9 Å². The van der Waals surface area contributed by atoms with E-state index in [1.807, 2.05) is 37.3 Å². The van der Waals surface area contributed by atoms with Crippen molar-refractivity contribution in [2.75, 3.05) is 11.1 Å². The maximum absolute atomic E-state index is 13.4. The Morgan fingerprint density at radius 3 is 2.79 bits per heavy atom. The van der Waals surface area contributed by atoms with E-state index >= 15 is 0 Å². The highest BCUT2D eigenvalue weighted by molar-refractivity contribution is 7.99. The molecule has 29 heavy (non-hydrogen) atoms. The number of carbonyl (C=O) groups excluding carboxylic acids is 1. The molecule has 1 amide bonds. The van der Waals surface area contributed by atoms with Gasteiger partial charge < -0.3 is 5.32 Å². The summed E-state index contributed by atoms with van der Waals surface area (Å²) in [5.41, 5.74) is 2.03. The fourth-order valence-electron chi connectivity index (χ4n) is 3.72. The average molecular weight is 428 g/mol. The van der Waals surface area contributed by atoms with Crippen LogP contribution in [0, 0.1) is 0 Å². The molecule has 3 aromatic rings. The van der Waals surface area contributed by atoms with Gasteiger partial charge in [-0.25, -0.2) is 4.98 Å². The van der Waals surface area contributed by atoms with Crippen molar-refractivity contribution in [3.05, 3.63) is 51.1 Å². The molecule has 0 aliphatic heterocycles. The van der Waals surface area contributed by atoms with E-state index in [1.54, 1.807) is 15.9 Å². The molecule has 7 heteroatoms. The number of fused-ring (bicyclic) bond motifs is 3. The van der Waals surface area contributed by atoms with Gasteiger partial charge in [-0.1, -0.05) is 36.9 Å². The summed E-state index contributed by atoms with van der Waals surface area (Å²) in [7, 11) is 0. The molecule has 0 fully saturated rings. The summed E-state index contributed by atoms with van der Waals surface area (Å²) in [5.74, 6) is 0.116. The fraction of sp³-hybridized carbons (Fsp3) is 0.409. The summed E-state index contributed by atoms with van der Waals surface area (Å²) in [6.45, 7) is 4.11. The summed E-state index contributed by atoms with van der Waals surface area (Å²) in [6.07, 6.45) is 5.17. The van der Waals surface area contributed by atoms with Crippen molar-refractivity contribution < 1.29 is 4.79 Å². The summed E-state index contributed by atoms with van der Waals surface area (Å²) in [6, 6.07) is 9.44. The molecule has 1 aliphatic carbocycles. The molecule has 1 aromatic carbocycles. The lowest BCUT2D eigenvalue weighted by atomic mass is 9.97. The smallest absolute Gasteiger partial charge is 0.263 e. The molecule has 1 aliphatic rings. The molecule has 1 atom stereocenters. The Bertz CT molecular complexity index is 1090. The van der Waals surface area contributed by atoms with Gasteiger partial charge in [0.1, 0.15) is 4.83 Å². The first-order valence-corrected chi connectivity index (χ1v) is 11.9. The van der Waals surface area contributed by atoms with E-state index in [1.165, 1.54) is 28.6 Å². The van der Waals surface area contributed by atoms with Gasteiger partial charge in [0.25, 0.3) is 5.56 Å². The number of nitrogens with one attached hydrogen (secondary N) is 1. The van der Waals surface area contributed by atoms with Gasteiger partial charge >= 0.3 is 0 Å². The van der Waals surface area contributed by atoms with Crippen LogP contribution in [0.5, 0.6) is 0 Å². The van der Waals surface area contributed by atoms with E-state index < -0.39 is 0 Å². The first-order valence-electron chi connectivity index (χ1n) is 10.1. The number of aryl methyl sites for hydroxylation is 2. The largest absolute Gasteiger partial charge is 0.325 e. The zero-order valence-electron chi connectivity index (χ0n) is 16.7. The molecule has 5 nitrogen and oxygen atoms in total. The van der Waals surface area contributed by atoms with Gasteiger partial charge in [0.2, 0.25) is 5.91 Å². The number of hydrogen-bond donors (Lipinski definition) is 1. The number of anilines is 1. The molecular formula is C22H25N3O2S2. The Hall–Kier alpha value is -2.12. The van der Waals surface area contributed by atoms with Crippen LogP contribution in [-0.4, -0.2) is 21.2 Å². The second-order valence-corrected chi connectivity index (χ2v) is 9.45. The zero-order valence-corrected chi connectivity index (χ0v) is 18.4. The quantitative estimate of drug-likeness (QED) is 0.442. The molecule has 1 N–H and O–H groups in total. The first-order chi connectivity index (χ1) is 14.1. The lowest BCUT2D eigenvalue weighted by Crippen LogP contribution is -2.27. The minimum absolute atomic E-state index is 0.0400. The molecule has 0 saturated heterocycles. The molecule has 1 unspecified atom stereocenters. The van der Waals surface area contributed by atoms with E-state index in [4.69, 9.17) is 4.98 Å². The SMILES string of the molecule is CCC(C)n1c(SCC(=O)Nc2ccccc2)nc2sc3c(c2c1=O)CCCC3. The molecule has 0 spiro atoms. The second kappa shape index (κ2) is 8.71. The molecule has 2 aromatic heterocycles. The topological polar surface area (TPSA) is 64.0 Å². The maximum atomic E-state index is 13.4. The molecule has 4 rings (SSSR count). The Balaban J connectivity index is 1.65. The third-order valence-electron chi connectivity index (χ3n) is 5.41. The zero-order chi connectivity index (χ0) is 20.4. The van der Waals surface area contributed by atoms with Crippen LogP contribution >= 0.6 is 23.1 Å². The second-order valence-electron chi connectivity index (χ2n) is 7.42. The summed E-state index contributed by atoms with van der Waals surface area (Å²) in [5, 5.41) is 4.34. The number of thiophene rings is 1. The standard InChI is InChI=1S/C22H25N3O2S2/c1-3-14(2)25-21(27)19-16-11-7-8-12-17(16)29-20(19)24-22(25)28-13-18(26)23-15-9-5-4-6-10-15/h4-6,9-10,14H,3,7-8,11-13H2,1-2H3,(H,23,26). The van der Waals surface area contributed by atoms with E-state index in [-0.39, 0.29) is 23.3 Å². The molecule has 152 valence electrons. The first kappa shape index (κ1) is 20.2. The lowest BCUT2D eigenvalue weighted by Gasteiger charge is -2.18. The average Bonchev–Trinajstić information content (AvgIpc) is 3.11. The molecule has 2 heterocycles. The minimum atomic E-state index is -0.100. The predicted molar refractivity (Wildman–Crippen MR) is 121 cm³/mol. The van der Waals surface area contributed by atoms with Crippen molar-refractivity contribution in [2.45, 2.75) is 57.1 Å². The summed E-state index contributed by atoms with van der Waals surface area (Å²) >= 11 is 2.99. The monoisotopic (exact) mass is 427 g/mol. The Kier molecular flexibility index (Phi) is 6.06. The Morgan fingerprint density at radius 1 is 1.28 bits per heavy atom. The van der Waals surface area contributed by atoms with Crippen molar-refractivity contribution in [2.24, 2.45) is 0 Å². The van der Waals surface area contributed by atoms with Crippen LogP contribution in [0.4, 0.5) is 5.69 Å². The third-order valence-corrected chi connectivity index (χ3v) is 7.55. The number of para-hydroxylation sites is 1. The number of hydrogen-bond acceptors (Lipinski definition) is 5. The number of aromatic nitrogens is 2. The molecular weight excluding hydrogens is 402 g/mol.